The van der Waals surface area contributed by atoms with Crippen molar-refractivity contribution in [1.82, 2.24) is 44.8 Å². The molecule has 5 N–H and O–H groups in total. The molecule has 18 heteroatoms. The number of para-hydroxylation sites is 1. The van der Waals surface area contributed by atoms with Crippen LogP contribution in [0.2, 0.25) is 0 Å². The number of likely N-dealkylation sites (tertiary alicyclic amines) is 1. The van der Waals surface area contributed by atoms with Gasteiger partial charge in [-0.05, 0) is 116 Å². The Hall–Kier alpha value is -9.16. The molecule has 18 nitrogen and oxygen atoms in total. The largest absolute Gasteiger partial charge is 0.456 e. The number of fused-ring (bicyclic) bond motifs is 2. The molecule has 4 amide bonds. The maximum absolute atomic E-state index is 14.3. The first kappa shape index (κ1) is 44.1. The van der Waals surface area contributed by atoms with Gasteiger partial charge < -0.3 is 26.0 Å². The fraction of sp³-hybridized carbons (Fsp3) is 0.185. The molecule has 0 bridgehead atoms. The van der Waals surface area contributed by atoms with Crippen LogP contribution in [0.4, 0.5) is 22.7 Å². The molecule has 2 unspecified atom stereocenters. The van der Waals surface area contributed by atoms with E-state index in [9.17, 15) is 19.2 Å². The molecule has 0 radical (unpaired) electrons. The molecule has 9 aromatic rings. The summed E-state index contributed by atoms with van der Waals surface area (Å²) in [5.74, 6) is -0.743. The quantitative estimate of drug-likeness (QED) is 0.0649. The lowest BCUT2D eigenvalue weighted by Gasteiger charge is -2.30. The molecule has 12 rings (SSSR count). The van der Waals surface area contributed by atoms with Gasteiger partial charge in [0.15, 0.2) is 11.4 Å². The highest BCUT2D eigenvalue weighted by Crippen LogP contribution is 2.46. The molecule has 3 aromatic carbocycles. The van der Waals surface area contributed by atoms with Crippen LogP contribution in [0.15, 0.2) is 141 Å². The van der Waals surface area contributed by atoms with Gasteiger partial charge in [0, 0.05) is 65.3 Å². The summed E-state index contributed by atoms with van der Waals surface area (Å²) in [6, 6.07) is 27.7. The molecule has 1 saturated heterocycles. The van der Waals surface area contributed by atoms with Gasteiger partial charge in [-0.25, -0.2) is 0 Å². The summed E-state index contributed by atoms with van der Waals surface area (Å²) < 4.78 is 7.75. The summed E-state index contributed by atoms with van der Waals surface area (Å²) in [6.45, 7) is 2.93. The number of nitrogens with zero attached hydrogens (tertiary/aromatic N) is 8. The van der Waals surface area contributed by atoms with E-state index in [2.05, 4.69) is 62.4 Å². The Bertz CT molecular complexity index is 3590. The average Bonchev–Trinajstić information content (AvgIpc) is 4.32. The summed E-state index contributed by atoms with van der Waals surface area (Å²) in [5.41, 5.74) is 7.42. The third-order valence-corrected chi connectivity index (χ3v) is 13.2. The van der Waals surface area contributed by atoms with Crippen molar-refractivity contribution >= 4 is 68.2 Å². The maximum atomic E-state index is 14.3. The van der Waals surface area contributed by atoms with Crippen LogP contribution >= 0.6 is 0 Å². The zero-order valence-electron chi connectivity index (χ0n) is 38.6. The predicted molar refractivity (Wildman–Crippen MR) is 270 cm³/mol. The fourth-order valence-corrected chi connectivity index (χ4v) is 9.00. The van der Waals surface area contributed by atoms with Crippen molar-refractivity contribution in [1.29, 1.82) is 0 Å². The van der Waals surface area contributed by atoms with Gasteiger partial charge in [0.2, 0.25) is 11.8 Å². The third kappa shape index (κ3) is 9.09. The van der Waals surface area contributed by atoms with E-state index in [0.29, 0.717) is 56.8 Å². The minimum absolute atomic E-state index is 0.0430. The lowest BCUT2D eigenvalue weighted by atomic mass is 10.0. The molecule has 6 aromatic heterocycles. The van der Waals surface area contributed by atoms with E-state index in [1.54, 1.807) is 35.4 Å². The summed E-state index contributed by atoms with van der Waals surface area (Å²) >= 11 is 0. The van der Waals surface area contributed by atoms with Gasteiger partial charge in [0.05, 0.1) is 64.3 Å². The second kappa shape index (κ2) is 18.6. The van der Waals surface area contributed by atoms with Gasteiger partial charge in [0.25, 0.3) is 11.8 Å². The smallest absolute Gasteiger partial charge is 0.276 e. The number of aromatic nitrogens is 8. The van der Waals surface area contributed by atoms with Crippen LogP contribution in [0, 0.1) is 11.8 Å². The Morgan fingerprint density at radius 3 is 2.01 bits per heavy atom. The van der Waals surface area contributed by atoms with E-state index in [1.807, 2.05) is 85.2 Å². The van der Waals surface area contributed by atoms with Crippen LogP contribution in [0.25, 0.3) is 44.1 Å². The Morgan fingerprint density at radius 1 is 0.611 bits per heavy atom. The molecular weight excluding hydrogens is 911 g/mol. The zero-order chi connectivity index (χ0) is 48.7. The van der Waals surface area contributed by atoms with Crippen molar-refractivity contribution in [2.75, 3.05) is 34.4 Å². The molecule has 7 heterocycles. The molecule has 2 atom stereocenters. The molecule has 72 heavy (non-hydrogen) atoms. The van der Waals surface area contributed by atoms with Crippen LogP contribution in [0.3, 0.4) is 0 Å². The molecule has 3 fully saturated rings. The average molecular weight is 956 g/mol. The molecule has 0 spiro atoms. The predicted octanol–water partition coefficient (Wildman–Crippen LogP) is 8.88. The second-order valence-corrected chi connectivity index (χ2v) is 18.3. The Labute approximate surface area is 411 Å². The highest BCUT2D eigenvalue weighted by atomic mass is 16.5. The molecule has 2 saturated carbocycles. The van der Waals surface area contributed by atoms with Gasteiger partial charge in [-0.15, -0.1) is 0 Å². The van der Waals surface area contributed by atoms with Crippen molar-refractivity contribution in [2.24, 2.45) is 11.8 Å². The van der Waals surface area contributed by atoms with Crippen LogP contribution in [-0.4, -0.2) is 81.5 Å². The third-order valence-electron chi connectivity index (χ3n) is 13.2. The number of ether oxygens (including phenoxy) is 1. The second-order valence-electron chi connectivity index (χ2n) is 18.3. The number of rotatable bonds is 15. The number of anilines is 4. The first-order valence-corrected chi connectivity index (χ1v) is 23.8. The first-order chi connectivity index (χ1) is 35.3. The summed E-state index contributed by atoms with van der Waals surface area (Å²) in [5, 5.41) is 25.1. The molecule has 3 aliphatic rings. The van der Waals surface area contributed by atoms with Crippen LogP contribution in [0.5, 0.6) is 11.5 Å². The highest BCUT2D eigenvalue weighted by molar-refractivity contribution is 6.14. The number of H-pyrrole nitrogens is 1. The monoisotopic (exact) mass is 955 g/mol. The van der Waals surface area contributed by atoms with Crippen LogP contribution in [0.1, 0.15) is 58.3 Å². The normalized spacial score (nSPS) is 16.2. The molecule has 356 valence electrons. The van der Waals surface area contributed by atoms with E-state index in [-0.39, 0.29) is 34.8 Å². The number of pyridine rings is 4. The minimum Gasteiger partial charge on any atom is -0.456 e. The standard InChI is InChI=1S/C54H45N13O5/c68-51(32-7-8-32)59-43-13-15-55-28-45(43)62-54(71)50-40-22-34(35-19-31(24-57-25-35)30-66-17-4-18-66)10-12-47(40)67(65-50)48-23-41(48)52(69)60-44-14-16-56-29-46(44)61-53(70)49-39-21-33(9-11-42(39)63-64-49)36-20-38(27-58-26-36)72-37-5-2-1-3-6-37/h1-3,5-6,9-16,19-22,24-29,32,41,48H,4,7-8,17-18,23,30H2,(H,61,70)(H,62,71)(H,63,64)(H,55,59,68)(H,56,60,69). The molecular formula is C54H45N13O5. The summed E-state index contributed by atoms with van der Waals surface area (Å²) in [4.78, 5) is 74.9. The lowest BCUT2D eigenvalue weighted by Crippen LogP contribution is -2.36. The van der Waals surface area contributed by atoms with Crippen molar-refractivity contribution in [3.63, 3.8) is 0 Å². The number of nitrogens with one attached hydrogen (secondary N) is 5. The zero-order valence-corrected chi connectivity index (χ0v) is 38.6. The number of hydrogen-bond acceptors (Lipinski definition) is 12. The number of benzene rings is 3. The lowest BCUT2D eigenvalue weighted by molar-refractivity contribution is -0.118. The van der Waals surface area contributed by atoms with E-state index in [0.717, 1.165) is 60.3 Å². The first-order valence-electron chi connectivity index (χ1n) is 23.8. The van der Waals surface area contributed by atoms with Gasteiger partial charge in [-0.1, -0.05) is 30.3 Å². The minimum atomic E-state index is -0.523. The molecule has 2 aliphatic carbocycles. The van der Waals surface area contributed by atoms with E-state index < -0.39 is 23.8 Å². The Kier molecular flexibility index (Phi) is 11.4. The van der Waals surface area contributed by atoms with Crippen molar-refractivity contribution in [2.45, 2.75) is 38.3 Å². The summed E-state index contributed by atoms with van der Waals surface area (Å²) in [7, 11) is 0. The Morgan fingerprint density at radius 2 is 1.29 bits per heavy atom. The maximum Gasteiger partial charge on any atom is 0.276 e. The van der Waals surface area contributed by atoms with E-state index in [1.165, 1.54) is 25.0 Å². The summed E-state index contributed by atoms with van der Waals surface area (Å²) in [6.07, 6.45) is 16.4. The molecule has 1 aliphatic heterocycles. The number of carbonyl (C=O) groups is 4. The highest BCUT2D eigenvalue weighted by Gasteiger charge is 2.46. The Balaban J connectivity index is 0.783. The number of amides is 4. The van der Waals surface area contributed by atoms with Crippen molar-refractivity contribution < 1.29 is 23.9 Å². The van der Waals surface area contributed by atoms with Crippen molar-refractivity contribution in [3.05, 3.63) is 158 Å². The number of hydrogen-bond donors (Lipinski definition) is 5. The SMILES string of the molecule is O=C(Nc1cnccc1NC(=O)C1CC1n1nc(C(=O)Nc2cnccc2NC(=O)C2CC2)c2cc(-c3cncc(CN4CCC4)c3)ccc21)c1n[nH]c2ccc(-c3cncc(Oc4ccccc4)c3)cc12. The fourth-order valence-electron chi connectivity index (χ4n) is 9.00. The van der Waals surface area contributed by atoms with E-state index >= 15 is 0 Å². The van der Waals surface area contributed by atoms with Gasteiger partial charge in [0.1, 0.15) is 11.5 Å². The number of aromatic amines is 1. The van der Waals surface area contributed by atoms with E-state index in [4.69, 9.17) is 9.84 Å². The van der Waals surface area contributed by atoms with Crippen LogP contribution in [-0.2, 0) is 16.1 Å². The van der Waals surface area contributed by atoms with Crippen LogP contribution < -0.4 is 26.0 Å². The van der Waals surface area contributed by atoms with Crippen molar-refractivity contribution in [3.8, 4) is 33.8 Å². The van der Waals surface area contributed by atoms with Gasteiger partial charge >= 0.3 is 0 Å². The topological polar surface area (TPSA) is 227 Å². The number of carbonyl (C=O) groups excluding carboxylic acids is 4. The van der Waals surface area contributed by atoms with Gasteiger partial charge in [-0.3, -0.25) is 53.8 Å². The van der Waals surface area contributed by atoms with Gasteiger partial charge in [-0.2, -0.15) is 10.2 Å².